The average molecular weight is 523 g/mol. The molecule has 0 heterocycles. The lowest BCUT2D eigenvalue weighted by Gasteiger charge is -2.08. The van der Waals surface area contributed by atoms with Gasteiger partial charge in [-0.25, -0.2) is 0 Å². The number of phenols is 1. The van der Waals surface area contributed by atoms with Crippen LogP contribution in [-0.4, -0.2) is 16.6 Å². The van der Waals surface area contributed by atoms with E-state index < -0.39 is 0 Å². The minimum absolute atomic E-state index is 0.476. The van der Waals surface area contributed by atoms with E-state index >= 15 is 0 Å². The number of thioether (sulfide) groups is 2. The maximum atomic E-state index is 10.3. The van der Waals surface area contributed by atoms with Crippen LogP contribution in [0.5, 0.6) is 5.75 Å². The summed E-state index contributed by atoms with van der Waals surface area (Å²) in [7, 11) is 0. The molecule has 0 saturated carbocycles. The van der Waals surface area contributed by atoms with Gasteiger partial charge in [0.05, 0.1) is 0 Å². The zero-order valence-electron chi connectivity index (χ0n) is 23.5. The summed E-state index contributed by atoms with van der Waals surface area (Å²) < 4.78 is 0. The highest BCUT2D eigenvalue weighted by Gasteiger charge is 2.04. The Morgan fingerprint density at radius 2 is 0.914 bits per heavy atom. The van der Waals surface area contributed by atoms with Gasteiger partial charge in [0.2, 0.25) is 0 Å². The first-order valence-electron chi connectivity index (χ1n) is 15.2. The van der Waals surface area contributed by atoms with E-state index in [0.717, 1.165) is 17.1 Å². The lowest BCUT2D eigenvalue weighted by molar-refractivity contribution is 0.470. The fourth-order valence-electron chi connectivity index (χ4n) is 4.60. The largest absolute Gasteiger partial charge is 0.508 e. The van der Waals surface area contributed by atoms with E-state index in [2.05, 4.69) is 37.7 Å². The summed E-state index contributed by atoms with van der Waals surface area (Å²) in [6.07, 6.45) is 28.0. The van der Waals surface area contributed by atoms with Crippen molar-refractivity contribution in [1.82, 2.24) is 0 Å². The monoisotopic (exact) mass is 522 g/mol. The molecule has 0 saturated heterocycles. The zero-order valence-corrected chi connectivity index (χ0v) is 25.1. The average Bonchev–Trinajstić information content (AvgIpc) is 2.87. The van der Waals surface area contributed by atoms with Gasteiger partial charge < -0.3 is 5.11 Å². The van der Waals surface area contributed by atoms with E-state index in [1.807, 2.05) is 17.8 Å². The molecule has 1 aromatic carbocycles. The number of aromatic hydroxyl groups is 1. The number of unbranched alkanes of at least 4 members (excludes halogenated alkanes) is 18. The standard InChI is InChI=1S/C32H58OS2/c1-3-5-7-9-11-13-15-17-19-21-25-34-28-30-23-24-32(33)31(27-30)29-35-26-22-20-18-16-14-12-10-8-6-4-2/h23-24,27,33H,3-22,25-26,28-29H2,1-2H3. The fourth-order valence-corrected chi connectivity index (χ4v) is 6.57. The first-order valence-corrected chi connectivity index (χ1v) is 17.5. The summed E-state index contributed by atoms with van der Waals surface area (Å²) in [5.41, 5.74) is 2.49. The predicted octanol–water partition coefficient (Wildman–Crippen LogP) is 11.7. The smallest absolute Gasteiger partial charge is 0.119 e. The molecule has 0 aliphatic rings. The van der Waals surface area contributed by atoms with Gasteiger partial charge in [0, 0.05) is 17.1 Å². The maximum Gasteiger partial charge on any atom is 0.119 e. The third-order valence-corrected chi connectivity index (χ3v) is 9.16. The molecule has 3 heteroatoms. The molecule has 0 radical (unpaired) electrons. The third-order valence-electron chi connectivity index (χ3n) is 6.95. The van der Waals surface area contributed by atoms with Crippen molar-refractivity contribution in [1.29, 1.82) is 0 Å². The summed E-state index contributed by atoms with van der Waals surface area (Å²) in [5.74, 6) is 4.98. The Labute approximate surface area is 228 Å². The summed E-state index contributed by atoms with van der Waals surface area (Å²) in [6.45, 7) is 4.58. The van der Waals surface area contributed by atoms with Gasteiger partial charge in [-0.2, -0.15) is 23.5 Å². The van der Waals surface area contributed by atoms with Crippen LogP contribution in [0.25, 0.3) is 0 Å². The molecular formula is C32H58OS2. The summed E-state index contributed by atoms with van der Waals surface area (Å²) in [6, 6.07) is 6.26. The molecule has 0 unspecified atom stereocenters. The van der Waals surface area contributed by atoms with Crippen molar-refractivity contribution in [2.45, 2.75) is 154 Å². The molecule has 0 bridgehead atoms. The Hall–Kier alpha value is -0.280. The molecule has 0 aliphatic carbocycles. The summed E-state index contributed by atoms with van der Waals surface area (Å²) in [4.78, 5) is 0. The molecule has 35 heavy (non-hydrogen) atoms. The van der Waals surface area contributed by atoms with Crippen LogP contribution in [0.15, 0.2) is 18.2 Å². The van der Waals surface area contributed by atoms with Crippen molar-refractivity contribution in [2.24, 2.45) is 0 Å². The van der Waals surface area contributed by atoms with Crippen LogP contribution in [0.4, 0.5) is 0 Å². The van der Waals surface area contributed by atoms with Crippen LogP contribution >= 0.6 is 23.5 Å². The molecule has 1 N–H and O–H groups in total. The second-order valence-electron chi connectivity index (χ2n) is 10.4. The second-order valence-corrected chi connectivity index (χ2v) is 12.6. The van der Waals surface area contributed by atoms with Crippen LogP contribution in [0.3, 0.4) is 0 Å². The maximum absolute atomic E-state index is 10.3. The Morgan fingerprint density at radius 1 is 0.514 bits per heavy atom. The Morgan fingerprint density at radius 3 is 1.37 bits per heavy atom. The number of hydrogen-bond donors (Lipinski definition) is 1. The fraction of sp³-hybridized carbons (Fsp3) is 0.812. The Balaban J connectivity index is 1.99. The quantitative estimate of drug-likeness (QED) is 0.122. The van der Waals surface area contributed by atoms with Crippen LogP contribution in [0.1, 0.15) is 153 Å². The topological polar surface area (TPSA) is 20.2 Å². The minimum Gasteiger partial charge on any atom is -0.508 e. The lowest BCUT2D eigenvalue weighted by Crippen LogP contribution is -1.90. The van der Waals surface area contributed by atoms with E-state index in [4.69, 9.17) is 0 Å². The van der Waals surface area contributed by atoms with Gasteiger partial charge in [0.25, 0.3) is 0 Å². The highest BCUT2D eigenvalue weighted by molar-refractivity contribution is 7.98. The number of rotatable bonds is 26. The summed E-state index contributed by atoms with van der Waals surface area (Å²) in [5, 5.41) is 10.3. The molecule has 1 rings (SSSR count). The summed E-state index contributed by atoms with van der Waals surface area (Å²) >= 11 is 4.04. The molecule has 0 fully saturated rings. The molecule has 1 nitrogen and oxygen atoms in total. The van der Waals surface area contributed by atoms with Crippen LogP contribution in [-0.2, 0) is 11.5 Å². The normalized spacial score (nSPS) is 11.4. The van der Waals surface area contributed by atoms with Gasteiger partial charge in [-0.05, 0) is 36.0 Å². The first-order chi connectivity index (χ1) is 17.3. The minimum atomic E-state index is 0.476. The van der Waals surface area contributed by atoms with Crippen LogP contribution in [0.2, 0.25) is 0 Å². The van der Waals surface area contributed by atoms with E-state index in [-0.39, 0.29) is 0 Å². The highest BCUT2D eigenvalue weighted by atomic mass is 32.2. The van der Waals surface area contributed by atoms with Gasteiger partial charge in [-0.1, -0.05) is 142 Å². The van der Waals surface area contributed by atoms with Crippen molar-refractivity contribution >= 4 is 23.5 Å². The Bertz CT molecular complexity index is 575. The first kappa shape index (κ1) is 32.7. The van der Waals surface area contributed by atoms with Gasteiger partial charge >= 0.3 is 0 Å². The second kappa shape index (κ2) is 25.4. The number of hydrogen-bond acceptors (Lipinski definition) is 3. The van der Waals surface area contributed by atoms with E-state index in [9.17, 15) is 5.11 Å². The zero-order chi connectivity index (χ0) is 25.2. The molecule has 0 spiro atoms. The van der Waals surface area contributed by atoms with Crippen LogP contribution < -0.4 is 0 Å². The van der Waals surface area contributed by atoms with Crippen molar-refractivity contribution in [3.63, 3.8) is 0 Å². The van der Waals surface area contributed by atoms with Gasteiger partial charge in [0.15, 0.2) is 0 Å². The van der Waals surface area contributed by atoms with E-state index in [1.54, 1.807) is 0 Å². The van der Waals surface area contributed by atoms with Crippen LogP contribution in [0, 0.1) is 0 Å². The Kier molecular flexibility index (Phi) is 23.7. The predicted molar refractivity (Wildman–Crippen MR) is 164 cm³/mol. The van der Waals surface area contributed by atoms with Gasteiger partial charge in [-0.3, -0.25) is 0 Å². The number of benzene rings is 1. The molecule has 0 aliphatic heterocycles. The van der Waals surface area contributed by atoms with E-state index in [1.165, 1.54) is 145 Å². The highest BCUT2D eigenvalue weighted by Crippen LogP contribution is 2.26. The van der Waals surface area contributed by atoms with Gasteiger partial charge in [-0.15, -0.1) is 0 Å². The molecule has 0 aromatic heterocycles. The van der Waals surface area contributed by atoms with E-state index in [0.29, 0.717) is 5.75 Å². The molecule has 1 aromatic rings. The molecular weight excluding hydrogens is 464 g/mol. The van der Waals surface area contributed by atoms with Crippen molar-refractivity contribution < 1.29 is 5.11 Å². The van der Waals surface area contributed by atoms with Gasteiger partial charge in [0.1, 0.15) is 5.75 Å². The lowest BCUT2D eigenvalue weighted by atomic mass is 10.1. The molecule has 0 amide bonds. The third kappa shape index (κ3) is 20.5. The molecule has 204 valence electrons. The number of phenolic OH excluding ortho intramolecular Hbond substituents is 1. The van der Waals surface area contributed by atoms with Crippen molar-refractivity contribution in [2.75, 3.05) is 11.5 Å². The van der Waals surface area contributed by atoms with Crippen molar-refractivity contribution in [3.8, 4) is 5.75 Å². The van der Waals surface area contributed by atoms with Crippen molar-refractivity contribution in [3.05, 3.63) is 29.3 Å². The molecule has 0 atom stereocenters. The SMILES string of the molecule is CCCCCCCCCCCCSCc1ccc(O)c(CSCCCCCCCCCCCC)c1.